The normalized spacial score (nSPS) is 21.5. The lowest BCUT2D eigenvalue weighted by Gasteiger charge is -2.37. The maximum absolute atomic E-state index is 13.2. The Morgan fingerprint density at radius 2 is 2.06 bits per heavy atom. The Hall–Kier alpha value is -3.56. The van der Waals surface area contributed by atoms with E-state index in [0.29, 0.717) is 12.2 Å². The molecule has 0 spiro atoms. The van der Waals surface area contributed by atoms with Crippen LogP contribution in [0.25, 0.3) is 0 Å². The van der Waals surface area contributed by atoms with Crippen LogP contribution in [0.5, 0.6) is 11.5 Å². The molecule has 2 aliphatic heterocycles. The Labute approximate surface area is 177 Å². The number of Topliss-reactive ketones (excluding diaryl/α,β-unsaturated/α-hetero) is 1. The van der Waals surface area contributed by atoms with Crippen molar-refractivity contribution in [1.29, 1.82) is 0 Å². The van der Waals surface area contributed by atoms with E-state index in [2.05, 4.69) is 0 Å². The van der Waals surface area contributed by atoms with Gasteiger partial charge in [0, 0.05) is 24.0 Å². The number of rotatable bonds is 4. The number of allylic oxidation sites excluding steroid dienone is 2. The van der Waals surface area contributed by atoms with Crippen LogP contribution in [0.1, 0.15) is 45.1 Å². The van der Waals surface area contributed by atoms with Crippen molar-refractivity contribution >= 4 is 17.4 Å². The number of hydrogen-bond donors (Lipinski definition) is 1. The van der Waals surface area contributed by atoms with Crippen LogP contribution >= 0.6 is 0 Å². The minimum absolute atomic E-state index is 0.0540. The lowest BCUT2D eigenvalue weighted by atomic mass is 9.70. The summed E-state index contributed by atoms with van der Waals surface area (Å²) in [6, 6.07) is 2.96. The number of fused-ring (bicyclic) bond motifs is 1. The zero-order valence-electron chi connectivity index (χ0n) is 17.4. The van der Waals surface area contributed by atoms with Gasteiger partial charge >= 0.3 is 11.7 Å². The van der Waals surface area contributed by atoms with Crippen LogP contribution in [0.4, 0.5) is 5.69 Å². The molecule has 3 aliphatic rings. The Morgan fingerprint density at radius 1 is 1.32 bits per heavy atom. The molecule has 0 saturated heterocycles. The summed E-state index contributed by atoms with van der Waals surface area (Å²) >= 11 is 0. The van der Waals surface area contributed by atoms with E-state index >= 15 is 0 Å². The molecule has 164 valence electrons. The van der Waals surface area contributed by atoms with Crippen LogP contribution in [-0.4, -0.2) is 30.1 Å². The molecule has 1 aromatic carbocycles. The molecular formula is C21H22N2O8. The molecule has 0 fully saturated rings. The van der Waals surface area contributed by atoms with Gasteiger partial charge in [-0.3, -0.25) is 14.9 Å². The van der Waals surface area contributed by atoms with Crippen molar-refractivity contribution in [2.45, 2.75) is 39.5 Å². The van der Waals surface area contributed by atoms with E-state index in [0.717, 1.165) is 0 Å². The standard InChI is InChI=1S/C21H22N2O8/c1-4-28-20(25)16-14(10-5-6-12-18(30-9-29-12)17(10)23(26)27)15-11(24)7-21(2,3)8-13(15)31-19(16)22/h5-6,14H,4,7-9,22H2,1-3H3. The van der Waals surface area contributed by atoms with Crippen molar-refractivity contribution < 1.29 is 33.5 Å². The minimum atomic E-state index is -1.12. The van der Waals surface area contributed by atoms with Gasteiger partial charge in [-0.25, -0.2) is 4.79 Å². The van der Waals surface area contributed by atoms with Gasteiger partial charge in [-0.15, -0.1) is 0 Å². The van der Waals surface area contributed by atoms with Crippen LogP contribution in [0, 0.1) is 15.5 Å². The lowest BCUT2D eigenvalue weighted by molar-refractivity contribution is -0.386. The summed E-state index contributed by atoms with van der Waals surface area (Å²) in [6.45, 7) is 5.33. The van der Waals surface area contributed by atoms with Gasteiger partial charge in [0.2, 0.25) is 18.4 Å². The van der Waals surface area contributed by atoms with Gasteiger partial charge in [0.15, 0.2) is 11.5 Å². The smallest absolute Gasteiger partial charge is 0.340 e. The quantitative estimate of drug-likeness (QED) is 0.434. The molecule has 0 amide bonds. The third-order valence-electron chi connectivity index (χ3n) is 5.49. The number of carbonyl (C=O) groups is 2. The zero-order valence-corrected chi connectivity index (χ0v) is 17.4. The van der Waals surface area contributed by atoms with Gasteiger partial charge < -0.3 is 24.7 Å². The molecule has 4 rings (SSSR count). The topological polar surface area (TPSA) is 140 Å². The first-order chi connectivity index (χ1) is 14.6. The van der Waals surface area contributed by atoms with Crippen molar-refractivity contribution in [2.75, 3.05) is 13.4 Å². The van der Waals surface area contributed by atoms with E-state index < -0.39 is 16.8 Å². The van der Waals surface area contributed by atoms with Crippen molar-refractivity contribution in [3.8, 4) is 11.5 Å². The molecule has 2 heterocycles. The number of nitro benzene ring substituents is 1. The third-order valence-corrected chi connectivity index (χ3v) is 5.49. The lowest BCUT2D eigenvalue weighted by Crippen LogP contribution is -2.36. The van der Waals surface area contributed by atoms with Crippen molar-refractivity contribution in [3.63, 3.8) is 0 Å². The highest BCUT2D eigenvalue weighted by atomic mass is 16.7. The Bertz CT molecular complexity index is 1070. The Kier molecular flexibility index (Phi) is 4.87. The first-order valence-electron chi connectivity index (χ1n) is 9.82. The van der Waals surface area contributed by atoms with Crippen molar-refractivity contribution in [1.82, 2.24) is 0 Å². The van der Waals surface area contributed by atoms with Crippen LogP contribution in [0.15, 0.2) is 34.9 Å². The summed E-state index contributed by atoms with van der Waals surface area (Å²) in [5.74, 6) is -1.97. The summed E-state index contributed by atoms with van der Waals surface area (Å²) in [6.07, 6.45) is 0.583. The summed E-state index contributed by atoms with van der Waals surface area (Å²) in [4.78, 5) is 37.4. The van der Waals surface area contributed by atoms with E-state index in [1.807, 2.05) is 13.8 Å². The molecule has 1 unspecified atom stereocenters. The number of nitro groups is 1. The SMILES string of the molecule is CCOC(=O)C1=C(N)OC2=C(C(=O)CC(C)(C)C2)C1c1ccc2c(c1[N+](=O)[O-])OCO2. The fourth-order valence-electron chi connectivity index (χ4n) is 4.30. The number of ether oxygens (including phenoxy) is 4. The number of ketones is 1. The molecule has 2 N–H and O–H groups in total. The van der Waals surface area contributed by atoms with Crippen molar-refractivity contribution in [2.24, 2.45) is 11.1 Å². The molecule has 10 heteroatoms. The second-order valence-corrected chi connectivity index (χ2v) is 8.31. The molecule has 31 heavy (non-hydrogen) atoms. The highest BCUT2D eigenvalue weighted by Gasteiger charge is 2.48. The third kappa shape index (κ3) is 3.37. The van der Waals surface area contributed by atoms with Gasteiger partial charge in [-0.2, -0.15) is 0 Å². The molecule has 0 radical (unpaired) electrons. The molecular weight excluding hydrogens is 408 g/mol. The van der Waals surface area contributed by atoms with Crippen molar-refractivity contribution in [3.05, 3.63) is 50.6 Å². The van der Waals surface area contributed by atoms with Crippen LogP contribution in [-0.2, 0) is 19.1 Å². The summed E-state index contributed by atoms with van der Waals surface area (Å²) in [5, 5.41) is 12.0. The maximum atomic E-state index is 13.2. The Balaban J connectivity index is 1.98. The molecule has 1 aliphatic carbocycles. The molecule has 10 nitrogen and oxygen atoms in total. The number of nitrogens with zero attached hydrogens (tertiary/aromatic N) is 1. The van der Waals surface area contributed by atoms with E-state index in [-0.39, 0.29) is 70.8 Å². The first kappa shape index (κ1) is 20.7. The zero-order chi connectivity index (χ0) is 22.5. The number of carbonyl (C=O) groups excluding carboxylic acids is 2. The average molecular weight is 430 g/mol. The predicted molar refractivity (Wildman–Crippen MR) is 106 cm³/mol. The first-order valence-corrected chi connectivity index (χ1v) is 9.82. The van der Waals surface area contributed by atoms with Gasteiger partial charge in [-0.1, -0.05) is 13.8 Å². The van der Waals surface area contributed by atoms with Gasteiger partial charge in [0.1, 0.15) is 11.3 Å². The minimum Gasteiger partial charge on any atom is -0.462 e. The monoisotopic (exact) mass is 430 g/mol. The second-order valence-electron chi connectivity index (χ2n) is 8.31. The fraction of sp³-hybridized carbons (Fsp3) is 0.429. The predicted octanol–water partition coefficient (Wildman–Crippen LogP) is 2.81. The van der Waals surface area contributed by atoms with Crippen LogP contribution < -0.4 is 15.2 Å². The number of benzene rings is 1. The fourth-order valence-corrected chi connectivity index (χ4v) is 4.30. The van der Waals surface area contributed by atoms with Gasteiger partial charge in [-0.05, 0) is 24.5 Å². The number of nitrogens with two attached hydrogens (primary N) is 1. The number of esters is 1. The van der Waals surface area contributed by atoms with Gasteiger partial charge in [0.25, 0.3) is 0 Å². The summed E-state index contributed by atoms with van der Waals surface area (Å²) in [5.41, 5.74) is 5.45. The van der Waals surface area contributed by atoms with Crippen LogP contribution in [0.2, 0.25) is 0 Å². The molecule has 1 atom stereocenters. The summed E-state index contributed by atoms with van der Waals surface area (Å²) < 4.78 is 21.4. The average Bonchev–Trinajstić information content (AvgIpc) is 3.13. The van der Waals surface area contributed by atoms with Gasteiger partial charge in [0.05, 0.1) is 17.4 Å². The highest BCUT2D eigenvalue weighted by Crippen LogP contribution is 2.53. The summed E-state index contributed by atoms with van der Waals surface area (Å²) in [7, 11) is 0. The van der Waals surface area contributed by atoms with Crippen LogP contribution in [0.3, 0.4) is 0 Å². The number of hydrogen-bond acceptors (Lipinski definition) is 9. The van der Waals surface area contributed by atoms with E-state index in [9.17, 15) is 19.7 Å². The highest BCUT2D eigenvalue weighted by molar-refractivity contribution is 6.04. The molecule has 0 saturated carbocycles. The largest absolute Gasteiger partial charge is 0.462 e. The van der Waals surface area contributed by atoms with E-state index in [4.69, 9.17) is 24.7 Å². The second kappa shape index (κ2) is 7.29. The molecule has 1 aromatic rings. The molecule has 0 bridgehead atoms. The Morgan fingerprint density at radius 3 is 2.74 bits per heavy atom. The van der Waals surface area contributed by atoms with E-state index in [1.165, 1.54) is 12.1 Å². The maximum Gasteiger partial charge on any atom is 0.340 e. The molecule has 0 aromatic heterocycles. The van der Waals surface area contributed by atoms with E-state index in [1.54, 1.807) is 6.92 Å².